The van der Waals surface area contributed by atoms with Gasteiger partial charge in [-0.1, -0.05) is 26.2 Å². The van der Waals surface area contributed by atoms with Crippen LogP contribution in [-0.2, 0) is 4.79 Å². The normalized spacial score (nSPS) is 7.70. The molecule has 0 heterocycles. The third-order valence-electron chi connectivity index (χ3n) is 1.29. The fourth-order valence-electron chi connectivity index (χ4n) is 0.732. The summed E-state index contributed by atoms with van der Waals surface area (Å²) < 4.78 is 0. The fourth-order valence-corrected chi connectivity index (χ4v) is 0.732. The third-order valence-corrected chi connectivity index (χ3v) is 1.29. The van der Waals surface area contributed by atoms with Crippen LogP contribution in [0.5, 0.6) is 0 Å². The van der Waals surface area contributed by atoms with Gasteiger partial charge >= 0.3 is 0 Å². The van der Waals surface area contributed by atoms with Gasteiger partial charge in [-0.15, -0.1) is 0 Å². The van der Waals surface area contributed by atoms with E-state index in [-0.39, 0.29) is 5.48 Å². The molecule has 0 radical (unpaired) electrons. The molecule has 0 aliphatic rings. The monoisotopic (exact) mass is 144 g/mol. The van der Waals surface area contributed by atoms with E-state index >= 15 is 0 Å². The zero-order valence-electron chi connectivity index (χ0n) is 6.52. The maximum atomic E-state index is 9.66. The summed E-state index contributed by atoms with van der Waals surface area (Å²) in [7, 11) is 0. The van der Waals surface area contributed by atoms with Crippen LogP contribution in [0.2, 0.25) is 0 Å². The Morgan fingerprint density at radius 3 is 2.50 bits per heavy atom. The van der Waals surface area contributed by atoms with Gasteiger partial charge < -0.3 is 5.48 Å². The van der Waals surface area contributed by atoms with Crippen molar-refractivity contribution < 1.29 is 10.3 Å². The van der Waals surface area contributed by atoms with Gasteiger partial charge in [-0.25, -0.2) is 4.79 Å². The van der Waals surface area contributed by atoms with Gasteiger partial charge in [0.2, 0.25) is 0 Å². The van der Waals surface area contributed by atoms with Crippen LogP contribution in [0, 0.1) is 0 Å². The number of unbranched alkanes of at least 4 members (excludes halogenated alkanes) is 4. The van der Waals surface area contributed by atoms with E-state index in [4.69, 9.17) is 0 Å². The first-order chi connectivity index (χ1) is 4.41. The summed E-state index contributed by atoms with van der Waals surface area (Å²) in [6.45, 7) is 2.18. The van der Waals surface area contributed by atoms with Crippen molar-refractivity contribution in [2.45, 2.75) is 39.0 Å². The lowest BCUT2D eigenvalue weighted by atomic mass is 10.2. The molecule has 60 valence electrons. The lowest BCUT2D eigenvalue weighted by Gasteiger charge is -1.91. The number of carbonyl (C=O) groups excluding carboxylic acids is 1. The molecule has 0 fully saturated rings. The Bertz CT molecular complexity index is 93.4. The lowest BCUT2D eigenvalue weighted by Crippen LogP contribution is -1.73. The zero-order chi connectivity index (χ0) is 6.95. The molecule has 0 unspecified atom stereocenters. The van der Waals surface area contributed by atoms with E-state index in [0.29, 0.717) is 0 Å². The van der Waals surface area contributed by atoms with Gasteiger partial charge in [0.05, 0.1) is 0 Å². The largest absolute Gasteiger partial charge is 0.412 e. The van der Waals surface area contributed by atoms with Gasteiger partial charge in [0.15, 0.2) is 0 Å². The van der Waals surface area contributed by atoms with Crippen molar-refractivity contribution in [3.63, 3.8) is 0 Å². The molecule has 0 aromatic heterocycles. The van der Waals surface area contributed by atoms with Crippen LogP contribution >= 0.6 is 0 Å². The molecule has 2 heteroatoms. The quantitative estimate of drug-likeness (QED) is 0.426. The molecule has 0 spiro atoms. The molecule has 10 heavy (non-hydrogen) atoms. The molecule has 2 N–H and O–H groups in total. The predicted octanol–water partition coefficient (Wildman–Crippen LogP) is 1.52. The maximum absolute atomic E-state index is 9.66. The van der Waals surface area contributed by atoms with Gasteiger partial charge in [0.1, 0.15) is 5.94 Å². The fraction of sp³-hybridized carbons (Fsp3) is 0.750. The molecule has 0 atom stereocenters. The van der Waals surface area contributed by atoms with Crippen molar-refractivity contribution >= 4 is 5.94 Å². The minimum Gasteiger partial charge on any atom is -0.412 e. The van der Waals surface area contributed by atoms with Crippen LogP contribution in [0.15, 0.2) is 6.08 Å². The number of hydrogen-bond donors (Lipinski definition) is 0. The summed E-state index contributed by atoms with van der Waals surface area (Å²) in [6, 6.07) is 0. The van der Waals surface area contributed by atoms with E-state index in [9.17, 15) is 4.79 Å². The summed E-state index contributed by atoms with van der Waals surface area (Å²) in [5.74, 6) is 1.77. The zero-order valence-corrected chi connectivity index (χ0v) is 6.52. The third kappa shape index (κ3) is 10.4. The van der Waals surface area contributed by atoms with E-state index in [1.165, 1.54) is 19.3 Å². The van der Waals surface area contributed by atoms with Crippen molar-refractivity contribution in [2.75, 3.05) is 0 Å². The molecule has 0 rings (SSSR count). The summed E-state index contributed by atoms with van der Waals surface area (Å²) in [5.41, 5.74) is 0. The minimum atomic E-state index is 0. The van der Waals surface area contributed by atoms with Crippen molar-refractivity contribution in [2.24, 2.45) is 0 Å². The Kier molecular flexibility index (Phi) is 13.6. The highest BCUT2D eigenvalue weighted by atomic mass is 16.1. The van der Waals surface area contributed by atoms with Crippen LogP contribution in [-0.4, -0.2) is 11.4 Å². The van der Waals surface area contributed by atoms with E-state index in [2.05, 4.69) is 6.92 Å². The summed E-state index contributed by atoms with van der Waals surface area (Å²) in [4.78, 5) is 9.66. The van der Waals surface area contributed by atoms with E-state index in [1.807, 2.05) is 0 Å². The molecular weight excluding hydrogens is 128 g/mol. The molecule has 0 aliphatic carbocycles. The molecule has 0 aromatic carbocycles. The molecule has 0 bridgehead atoms. The second-order valence-corrected chi connectivity index (χ2v) is 2.17. The summed E-state index contributed by atoms with van der Waals surface area (Å²) >= 11 is 0. The Morgan fingerprint density at radius 1 is 1.30 bits per heavy atom. The Hall–Kier alpha value is -0.590. The topological polar surface area (TPSA) is 48.6 Å². The van der Waals surface area contributed by atoms with Crippen molar-refractivity contribution in [3.05, 3.63) is 6.08 Å². The van der Waals surface area contributed by atoms with Crippen LogP contribution in [0.25, 0.3) is 0 Å². The number of allylic oxidation sites excluding steroid dienone is 1. The number of rotatable bonds is 5. The van der Waals surface area contributed by atoms with E-state index < -0.39 is 0 Å². The summed E-state index contributed by atoms with van der Waals surface area (Å²) in [6.07, 6.45) is 7.40. The Labute approximate surface area is 62.2 Å². The Balaban J connectivity index is 0. The molecule has 0 saturated carbocycles. The van der Waals surface area contributed by atoms with Gasteiger partial charge in [-0.2, -0.15) is 0 Å². The van der Waals surface area contributed by atoms with Gasteiger partial charge in [0, 0.05) is 0 Å². The average Bonchev–Trinajstić information content (AvgIpc) is 1.89. The molecular formula is C8H16O2. The minimum absolute atomic E-state index is 0. The van der Waals surface area contributed by atoms with Crippen LogP contribution in [0.3, 0.4) is 0 Å². The predicted molar refractivity (Wildman–Crippen MR) is 42.6 cm³/mol. The molecule has 0 aromatic rings. The molecule has 0 amide bonds. The highest BCUT2D eigenvalue weighted by Gasteiger charge is 1.82. The second kappa shape index (κ2) is 11.2. The van der Waals surface area contributed by atoms with Crippen LogP contribution < -0.4 is 0 Å². The van der Waals surface area contributed by atoms with Gasteiger partial charge in [-0.3, -0.25) is 0 Å². The first-order valence-electron chi connectivity index (χ1n) is 3.61. The van der Waals surface area contributed by atoms with Crippen molar-refractivity contribution in [3.8, 4) is 0 Å². The molecule has 0 aliphatic heterocycles. The maximum Gasteiger partial charge on any atom is 0.120 e. The smallest absolute Gasteiger partial charge is 0.120 e. The van der Waals surface area contributed by atoms with Gasteiger partial charge in [0.25, 0.3) is 0 Å². The van der Waals surface area contributed by atoms with Crippen LogP contribution in [0.4, 0.5) is 0 Å². The highest BCUT2D eigenvalue weighted by molar-refractivity contribution is 5.44. The van der Waals surface area contributed by atoms with E-state index in [1.54, 1.807) is 12.0 Å². The van der Waals surface area contributed by atoms with Crippen molar-refractivity contribution in [1.29, 1.82) is 0 Å². The standard InChI is InChI=1S/C8H14O.H2O/c1-2-3-4-5-6-7-8-9;/h7H,2-6H2,1H3;1H2. The van der Waals surface area contributed by atoms with Crippen LogP contribution in [0.1, 0.15) is 39.0 Å². The van der Waals surface area contributed by atoms with Gasteiger partial charge in [-0.05, 0) is 18.9 Å². The van der Waals surface area contributed by atoms with E-state index in [0.717, 1.165) is 12.8 Å². The highest BCUT2D eigenvalue weighted by Crippen LogP contribution is 2.01. The molecule has 0 saturated heterocycles. The van der Waals surface area contributed by atoms with Crippen molar-refractivity contribution in [1.82, 2.24) is 0 Å². The first kappa shape index (κ1) is 12.1. The SMILES string of the molecule is CCCCCCC=C=O.O. The lowest BCUT2D eigenvalue weighted by molar-refractivity contribution is 0.567. The Morgan fingerprint density at radius 2 is 2.00 bits per heavy atom. The average molecular weight is 144 g/mol. The molecule has 2 nitrogen and oxygen atoms in total. The second-order valence-electron chi connectivity index (χ2n) is 2.17. The number of hydrogen-bond acceptors (Lipinski definition) is 1. The summed E-state index contributed by atoms with van der Waals surface area (Å²) in [5, 5.41) is 0. The first-order valence-corrected chi connectivity index (χ1v) is 3.61.